The van der Waals surface area contributed by atoms with Gasteiger partial charge in [0.25, 0.3) is 11.5 Å². The molecule has 18 heteroatoms. The van der Waals surface area contributed by atoms with Gasteiger partial charge in [0.15, 0.2) is 30.3 Å². The average Bonchev–Trinajstić information content (AvgIpc) is 3.33. The standard InChI is InChI=1S/C29H32N4O14/c1-13(34)42-17-12-18(26(39)31-16-8-6-5-7-9-16)45-28(20(17)43-14(2)35)47-23(25(30)38)22-21(41-4)24(44-15(3)36)27(46-22)33-11-10-19(37)32-29(33)40/h5-12,17,20-24,27-28H,1-4H3,(H2,30,38)(H,31,39)(H,32,37,40)/t17-,20-,21+,22-,23+,24+,27+,28+/m0/s1. The molecule has 0 radical (unpaired) electrons. The molecule has 0 bridgehead atoms. The number of anilines is 1. The van der Waals surface area contributed by atoms with Gasteiger partial charge >= 0.3 is 23.6 Å². The van der Waals surface area contributed by atoms with Gasteiger partial charge < -0.3 is 44.2 Å². The molecule has 0 spiro atoms. The first-order chi connectivity index (χ1) is 22.3. The molecule has 3 heterocycles. The highest BCUT2D eigenvalue weighted by molar-refractivity contribution is 6.02. The van der Waals surface area contributed by atoms with Crippen LogP contribution in [0.5, 0.6) is 0 Å². The number of hydrogen-bond acceptors (Lipinski definition) is 14. The van der Waals surface area contributed by atoms with Crippen molar-refractivity contribution in [3.63, 3.8) is 0 Å². The van der Waals surface area contributed by atoms with Crippen LogP contribution < -0.4 is 22.3 Å². The molecular formula is C29H32N4O14. The molecule has 1 aromatic carbocycles. The molecule has 1 fully saturated rings. The fraction of sp³-hybridized carbons (Fsp3) is 0.414. The lowest BCUT2D eigenvalue weighted by molar-refractivity contribution is -0.249. The zero-order valence-electron chi connectivity index (χ0n) is 25.5. The molecule has 47 heavy (non-hydrogen) atoms. The molecule has 2 amide bonds. The normalized spacial score (nSPS) is 25.8. The molecular weight excluding hydrogens is 628 g/mol. The lowest BCUT2D eigenvalue weighted by Gasteiger charge is -2.37. The average molecular weight is 661 g/mol. The molecule has 0 aliphatic carbocycles. The van der Waals surface area contributed by atoms with Crippen molar-refractivity contribution in [2.24, 2.45) is 5.73 Å². The Morgan fingerprint density at radius 1 is 0.915 bits per heavy atom. The number of ether oxygens (including phenoxy) is 7. The van der Waals surface area contributed by atoms with E-state index >= 15 is 0 Å². The number of carbonyl (C=O) groups excluding carboxylic acids is 5. The highest BCUT2D eigenvalue weighted by atomic mass is 16.7. The predicted octanol–water partition coefficient (Wildman–Crippen LogP) is -1.01. The maximum Gasteiger partial charge on any atom is 0.330 e. The molecule has 1 aromatic heterocycles. The van der Waals surface area contributed by atoms with Crippen LogP contribution in [0, 0.1) is 0 Å². The summed E-state index contributed by atoms with van der Waals surface area (Å²) in [5.74, 6) is -4.96. The van der Waals surface area contributed by atoms with Gasteiger partial charge in [0, 0.05) is 51.9 Å². The number of aromatic amines is 1. The van der Waals surface area contributed by atoms with Crippen LogP contribution in [0.4, 0.5) is 5.69 Å². The molecule has 252 valence electrons. The van der Waals surface area contributed by atoms with Gasteiger partial charge in [0.2, 0.25) is 18.3 Å². The SMILES string of the molecule is CO[C@H]1[C@@H](OC(C)=O)[C@H](n2ccc(=O)[nH]c2=O)O[C@@H]1[C@@H](O[C@H]1OC(C(=O)Nc2ccccc2)=C[C@H](OC(C)=O)[C@@H]1OC(C)=O)C(N)=O. The monoisotopic (exact) mass is 660 g/mol. The number of nitrogens with one attached hydrogen (secondary N) is 2. The first kappa shape index (κ1) is 34.5. The number of hydrogen-bond donors (Lipinski definition) is 3. The number of benzene rings is 1. The van der Waals surface area contributed by atoms with Gasteiger partial charge in [-0.25, -0.2) is 4.79 Å². The Kier molecular flexibility index (Phi) is 10.9. The zero-order valence-corrected chi connectivity index (χ0v) is 25.5. The van der Waals surface area contributed by atoms with Crippen molar-refractivity contribution in [2.75, 3.05) is 12.4 Å². The van der Waals surface area contributed by atoms with Gasteiger partial charge in [-0.15, -0.1) is 0 Å². The summed E-state index contributed by atoms with van der Waals surface area (Å²) < 4.78 is 40.1. The number of primary amides is 1. The van der Waals surface area contributed by atoms with Crippen molar-refractivity contribution >= 4 is 35.4 Å². The van der Waals surface area contributed by atoms with Gasteiger partial charge in [-0.05, 0) is 12.1 Å². The second-order valence-corrected chi connectivity index (χ2v) is 10.2. The van der Waals surface area contributed by atoms with Crippen molar-refractivity contribution < 1.29 is 57.1 Å². The summed E-state index contributed by atoms with van der Waals surface area (Å²) in [6.45, 7) is 3.20. The molecule has 4 rings (SSSR count). The topological polar surface area (TPSA) is 243 Å². The van der Waals surface area contributed by atoms with Crippen molar-refractivity contribution in [2.45, 2.75) is 69.9 Å². The number of carbonyl (C=O) groups is 5. The van der Waals surface area contributed by atoms with Crippen molar-refractivity contribution in [1.29, 1.82) is 0 Å². The smallest absolute Gasteiger partial charge is 0.330 e. The van der Waals surface area contributed by atoms with Crippen molar-refractivity contribution in [3.8, 4) is 0 Å². The number of methoxy groups -OCH3 is 1. The number of rotatable bonds is 11. The van der Waals surface area contributed by atoms with Gasteiger partial charge in [-0.2, -0.15) is 0 Å². The van der Waals surface area contributed by atoms with Crippen LogP contribution >= 0.6 is 0 Å². The number of esters is 3. The van der Waals surface area contributed by atoms with Crippen LogP contribution in [-0.2, 0) is 57.1 Å². The fourth-order valence-electron chi connectivity index (χ4n) is 4.98. The summed E-state index contributed by atoms with van der Waals surface area (Å²) in [6, 6.07) is 9.25. The number of H-pyrrole nitrogens is 1. The van der Waals surface area contributed by atoms with E-state index in [1.165, 1.54) is 7.11 Å². The highest BCUT2D eigenvalue weighted by Crippen LogP contribution is 2.36. The summed E-state index contributed by atoms with van der Waals surface area (Å²) >= 11 is 0. The quantitative estimate of drug-likeness (QED) is 0.193. The molecule has 8 atom stereocenters. The molecule has 0 saturated carbocycles. The van der Waals surface area contributed by atoms with Crippen LogP contribution in [0.3, 0.4) is 0 Å². The van der Waals surface area contributed by atoms with E-state index in [2.05, 4.69) is 5.32 Å². The highest BCUT2D eigenvalue weighted by Gasteiger charge is 2.55. The van der Waals surface area contributed by atoms with E-state index in [-0.39, 0.29) is 0 Å². The summed E-state index contributed by atoms with van der Waals surface area (Å²) in [5, 5.41) is 2.59. The summed E-state index contributed by atoms with van der Waals surface area (Å²) in [6.07, 6.45) is -10.3. The lowest BCUT2D eigenvalue weighted by Crippen LogP contribution is -2.55. The fourth-order valence-corrected chi connectivity index (χ4v) is 4.98. The molecule has 2 aromatic rings. The van der Waals surface area contributed by atoms with Gasteiger partial charge in [-0.1, -0.05) is 18.2 Å². The number of amides is 2. The summed E-state index contributed by atoms with van der Waals surface area (Å²) in [4.78, 5) is 88.7. The molecule has 4 N–H and O–H groups in total. The van der Waals surface area contributed by atoms with Crippen LogP contribution in [0.25, 0.3) is 0 Å². The molecule has 0 unspecified atom stereocenters. The van der Waals surface area contributed by atoms with E-state index in [4.69, 9.17) is 38.9 Å². The number of nitrogens with zero attached hydrogens (tertiary/aromatic N) is 1. The van der Waals surface area contributed by atoms with E-state index in [1.807, 2.05) is 4.98 Å². The summed E-state index contributed by atoms with van der Waals surface area (Å²) in [7, 11) is 1.19. The van der Waals surface area contributed by atoms with E-state index in [0.717, 1.165) is 43.7 Å². The maximum atomic E-state index is 13.2. The first-order valence-corrected chi connectivity index (χ1v) is 14.0. The number of para-hydroxylation sites is 1. The van der Waals surface area contributed by atoms with E-state index < -0.39 is 95.9 Å². The minimum atomic E-state index is -1.88. The predicted molar refractivity (Wildman–Crippen MR) is 155 cm³/mol. The number of nitrogens with two attached hydrogens (primary N) is 1. The second-order valence-electron chi connectivity index (χ2n) is 10.2. The van der Waals surface area contributed by atoms with Gasteiger partial charge in [0.1, 0.15) is 12.2 Å². The Morgan fingerprint density at radius 3 is 2.13 bits per heavy atom. The Morgan fingerprint density at radius 2 is 1.55 bits per heavy atom. The Hall–Kier alpha value is -5.33. The summed E-state index contributed by atoms with van der Waals surface area (Å²) in [5.41, 5.74) is 4.44. The van der Waals surface area contributed by atoms with Gasteiger partial charge in [-0.3, -0.25) is 38.3 Å². The number of aromatic nitrogens is 2. The third-order valence-electron chi connectivity index (χ3n) is 6.79. The lowest BCUT2D eigenvalue weighted by atomic mass is 10.0. The maximum absolute atomic E-state index is 13.2. The largest absolute Gasteiger partial charge is 0.455 e. The van der Waals surface area contributed by atoms with E-state index in [9.17, 15) is 33.6 Å². The molecule has 2 aliphatic heterocycles. The van der Waals surface area contributed by atoms with E-state index in [1.54, 1.807) is 30.3 Å². The third kappa shape index (κ3) is 8.29. The van der Waals surface area contributed by atoms with E-state index in [0.29, 0.717) is 5.69 Å². The third-order valence-corrected chi connectivity index (χ3v) is 6.79. The Balaban J connectivity index is 1.72. The van der Waals surface area contributed by atoms with Crippen LogP contribution in [-0.4, -0.2) is 89.3 Å². The van der Waals surface area contributed by atoms with Gasteiger partial charge in [0.05, 0.1) is 0 Å². The molecule has 18 nitrogen and oxygen atoms in total. The second kappa shape index (κ2) is 14.8. The van der Waals surface area contributed by atoms with Crippen molar-refractivity contribution in [3.05, 3.63) is 75.3 Å². The molecule has 2 aliphatic rings. The first-order valence-electron chi connectivity index (χ1n) is 14.0. The van der Waals surface area contributed by atoms with Crippen LogP contribution in [0.15, 0.2) is 64.0 Å². The van der Waals surface area contributed by atoms with Crippen LogP contribution in [0.2, 0.25) is 0 Å². The van der Waals surface area contributed by atoms with Crippen LogP contribution in [0.1, 0.15) is 27.0 Å². The Bertz CT molecular complexity index is 1650. The van der Waals surface area contributed by atoms with Crippen molar-refractivity contribution in [1.82, 2.24) is 9.55 Å². The zero-order chi connectivity index (χ0) is 34.4. The molecule has 1 saturated heterocycles. The minimum Gasteiger partial charge on any atom is -0.455 e. The minimum absolute atomic E-state index is 0.378. The Labute approximate surface area is 265 Å².